The quantitative estimate of drug-likeness (QED) is 0.418. The molecule has 4 rings (SSSR count). The van der Waals surface area contributed by atoms with Crippen molar-refractivity contribution < 1.29 is 23.4 Å². The van der Waals surface area contributed by atoms with Crippen LogP contribution in [0.2, 0.25) is 0 Å². The van der Waals surface area contributed by atoms with E-state index < -0.39 is 0 Å². The lowest BCUT2D eigenvalue weighted by Crippen LogP contribution is -2.06. The van der Waals surface area contributed by atoms with Gasteiger partial charge in [0.1, 0.15) is 29.1 Å². The second kappa shape index (κ2) is 8.83. The molecular formula is C25H22O6. The first-order valence-electron chi connectivity index (χ1n) is 9.68. The van der Waals surface area contributed by atoms with Gasteiger partial charge in [0.05, 0.1) is 21.3 Å². The highest BCUT2D eigenvalue weighted by Crippen LogP contribution is 2.43. The first-order chi connectivity index (χ1) is 15.1. The van der Waals surface area contributed by atoms with Crippen LogP contribution >= 0.6 is 0 Å². The molecular weight excluding hydrogens is 396 g/mol. The van der Waals surface area contributed by atoms with Crippen LogP contribution in [-0.2, 0) is 6.61 Å². The third-order valence-corrected chi connectivity index (χ3v) is 4.91. The summed E-state index contributed by atoms with van der Waals surface area (Å²) in [7, 11) is 4.59. The van der Waals surface area contributed by atoms with Crippen molar-refractivity contribution >= 4 is 11.0 Å². The molecule has 0 amide bonds. The Labute approximate surface area is 179 Å². The van der Waals surface area contributed by atoms with Crippen LogP contribution in [-0.4, -0.2) is 21.3 Å². The predicted octanol–water partition coefficient (Wildman–Crippen LogP) is 5.06. The van der Waals surface area contributed by atoms with Crippen molar-refractivity contribution in [3.8, 4) is 34.3 Å². The molecule has 0 bridgehead atoms. The van der Waals surface area contributed by atoms with Crippen molar-refractivity contribution in [3.63, 3.8) is 0 Å². The number of benzene rings is 3. The third-order valence-electron chi connectivity index (χ3n) is 4.91. The molecule has 0 saturated heterocycles. The zero-order chi connectivity index (χ0) is 21.8. The highest BCUT2D eigenvalue weighted by Gasteiger charge is 2.21. The maximum absolute atomic E-state index is 13.0. The second-order valence-electron chi connectivity index (χ2n) is 6.79. The van der Waals surface area contributed by atoms with E-state index in [2.05, 4.69) is 0 Å². The van der Waals surface area contributed by atoms with Crippen molar-refractivity contribution in [1.29, 1.82) is 0 Å². The molecule has 1 aromatic heterocycles. The van der Waals surface area contributed by atoms with Gasteiger partial charge in [0.15, 0.2) is 16.9 Å². The Morgan fingerprint density at radius 3 is 2.16 bits per heavy atom. The minimum absolute atomic E-state index is 0.239. The van der Waals surface area contributed by atoms with Gasteiger partial charge in [-0.2, -0.15) is 0 Å². The van der Waals surface area contributed by atoms with Crippen molar-refractivity contribution in [3.05, 3.63) is 82.5 Å². The van der Waals surface area contributed by atoms with E-state index in [-0.39, 0.29) is 11.2 Å². The lowest BCUT2D eigenvalue weighted by Gasteiger charge is -2.16. The van der Waals surface area contributed by atoms with E-state index >= 15 is 0 Å². The molecule has 31 heavy (non-hydrogen) atoms. The van der Waals surface area contributed by atoms with Gasteiger partial charge in [-0.05, 0) is 29.8 Å². The summed E-state index contributed by atoms with van der Waals surface area (Å²) in [5, 5.41) is 0.295. The van der Waals surface area contributed by atoms with E-state index in [0.29, 0.717) is 34.8 Å². The number of hydrogen-bond acceptors (Lipinski definition) is 6. The summed E-state index contributed by atoms with van der Waals surface area (Å²) in [5.41, 5.74) is 1.86. The van der Waals surface area contributed by atoms with Gasteiger partial charge in [-0.15, -0.1) is 0 Å². The fourth-order valence-electron chi connectivity index (χ4n) is 3.38. The van der Waals surface area contributed by atoms with Crippen LogP contribution in [0.3, 0.4) is 0 Å². The summed E-state index contributed by atoms with van der Waals surface area (Å²) in [6, 6.07) is 20.1. The van der Waals surface area contributed by atoms with Gasteiger partial charge in [0, 0.05) is 17.7 Å². The van der Waals surface area contributed by atoms with Gasteiger partial charge in [0.2, 0.25) is 5.75 Å². The Kier molecular flexibility index (Phi) is 5.80. The van der Waals surface area contributed by atoms with Crippen molar-refractivity contribution in [1.82, 2.24) is 0 Å². The van der Waals surface area contributed by atoms with Crippen molar-refractivity contribution in [2.75, 3.05) is 21.3 Å². The van der Waals surface area contributed by atoms with Crippen LogP contribution in [0.25, 0.3) is 22.3 Å². The summed E-state index contributed by atoms with van der Waals surface area (Å²) >= 11 is 0. The van der Waals surface area contributed by atoms with Crippen LogP contribution in [0.1, 0.15) is 5.56 Å². The lowest BCUT2D eigenvalue weighted by molar-refractivity contribution is 0.276. The minimum atomic E-state index is -0.239. The van der Waals surface area contributed by atoms with E-state index in [0.717, 1.165) is 16.9 Å². The van der Waals surface area contributed by atoms with E-state index in [9.17, 15) is 4.79 Å². The lowest BCUT2D eigenvalue weighted by atomic mass is 10.1. The molecule has 3 aromatic carbocycles. The zero-order valence-corrected chi connectivity index (χ0v) is 17.5. The molecule has 0 radical (unpaired) electrons. The maximum atomic E-state index is 13.0. The molecule has 0 aliphatic rings. The molecule has 0 atom stereocenters. The van der Waals surface area contributed by atoms with Gasteiger partial charge < -0.3 is 23.4 Å². The fourth-order valence-corrected chi connectivity index (χ4v) is 3.38. The SMILES string of the molecule is COc1ccc(-c2cc(=O)c3c(OC)c(OC)c(OCc4ccccc4)cc3o2)cc1. The van der Waals surface area contributed by atoms with Crippen LogP contribution in [0.5, 0.6) is 23.0 Å². The molecule has 1 heterocycles. The van der Waals surface area contributed by atoms with Gasteiger partial charge in [-0.3, -0.25) is 4.79 Å². The number of rotatable bonds is 7. The largest absolute Gasteiger partial charge is 0.497 e. The second-order valence-corrected chi connectivity index (χ2v) is 6.79. The summed E-state index contributed by atoms with van der Waals surface area (Å²) < 4.78 is 28.3. The minimum Gasteiger partial charge on any atom is -0.497 e. The smallest absolute Gasteiger partial charge is 0.204 e. The molecule has 0 unspecified atom stereocenters. The molecule has 158 valence electrons. The average Bonchev–Trinajstić information content (AvgIpc) is 2.82. The van der Waals surface area contributed by atoms with Crippen LogP contribution < -0.4 is 24.4 Å². The van der Waals surface area contributed by atoms with Crippen LogP contribution in [0.4, 0.5) is 0 Å². The summed E-state index contributed by atoms with van der Waals surface area (Å²) in [6.45, 7) is 0.328. The van der Waals surface area contributed by atoms with Crippen molar-refractivity contribution in [2.24, 2.45) is 0 Å². The highest BCUT2D eigenvalue weighted by molar-refractivity contribution is 5.90. The number of methoxy groups -OCH3 is 3. The van der Waals surface area contributed by atoms with E-state index in [1.165, 1.54) is 20.3 Å². The Hall–Kier alpha value is -3.93. The molecule has 6 heteroatoms. The number of ether oxygens (including phenoxy) is 4. The molecule has 0 saturated carbocycles. The molecule has 0 aliphatic carbocycles. The highest BCUT2D eigenvalue weighted by atomic mass is 16.5. The van der Waals surface area contributed by atoms with Crippen molar-refractivity contribution in [2.45, 2.75) is 6.61 Å². The topological polar surface area (TPSA) is 67.1 Å². The molecule has 0 N–H and O–H groups in total. The summed E-state index contributed by atoms with van der Waals surface area (Å²) in [4.78, 5) is 13.0. The molecule has 0 fully saturated rings. The molecule has 0 spiro atoms. The Morgan fingerprint density at radius 1 is 0.806 bits per heavy atom. The Bertz CT molecular complexity index is 1240. The third kappa shape index (κ3) is 4.05. The predicted molar refractivity (Wildman–Crippen MR) is 118 cm³/mol. The zero-order valence-electron chi connectivity index (χ0n) is 17.5. The molecule has 4 aromatic rings. The number of fused-ring (bicyclic) bond motifs is 1. The van der Waals surface area contributed by atoms with Crippen LogP contribution in [0, 0.1) is 0 Å². The first kappa shape index (κ1) is 20.3. The summed E-state index contributed by atoms with van der Waals surface area (Å²) in [6.07, 6.45) is 0. The summed E-state index contributed by atoms with van der Waals surface area (Å²) in [5.74, 6) is 2.19. The molecule has 0 aliphatic heterocycles. The first-order valence-corrected chi connectivity index (χ1v) is 9.68. The van der Waals surface area contributed by atoms with Gasteiger partial charge >= 0.3 is 0 Å². The molecule has 6 nitrogen and oxygen atoms in total. The standard InChI is InChI=1S/C25H22O6/c1-27-18-11-9-17(10-12-18)20-13-19(26)23-21(31-20)14-22(24(28-2)25(23)29-3)30-15-16-7-5-4-6-8-16/h4-14H,15H2,1-3H3. The van der Waals surface area contributed by atoms with Gasteiger partial charge in [0.25, 0.3) is 0 Å². The normalized spacial score (nSPS) is 10.7. The van der Waals surface area contributed by atoms with E-state index in [1.807, 2.05) is 54.6 Å². The average molecular weight is 418 g/mol. The fraction of sp³-hybridized carbons (Fsp3) is 0.160. The van der Waals surface area contributed by atoms with E-state index in [4.69, 9.17) is 23.4 Å². The maximum Gasteiger partial charge on any atom is 0.204 e. The van der Waals surface area contributed by atoms with E-state index in [1.54, 1.807) is 13.2 Å². The van der Waals surface area contributed by atoms with Gasteiger partial charge in [-0.25, -0.2) is 0 Å². The Balaban J connectivity index is 1.82. The monoisotopic (exact) mass is 418 g/mol. The number of hydrogen-bond donors (Lipinski definition) is 0. The Morgan fingerprint density at radius 2 is 1.52 bits per heavy atom. The van der Waals surface area contributed by atoms with Crippen LogP contribution in [0.15, 0.2) is 75.9 Å². The van der Waals surface area contributed by atoms with Gasteiger partial charge in [-0.1, -0.05) is 30.3 Å².